The van der Waals surface area contributed by atoms with Gasteiger partial charge in [-0.3, -0.25) is 9.59 Å². The van der Waals surface area contributed by atoms with Gasteiger partial charge in [-0.15, -0.1) is 0 Å². The van der Waals surface area contributed by atoms with E-state index in [1.807, 2.05) is 0 Å². The molecule has 0 aliphatic heterocycles. The van der Waals surface area contributed by atoms with E-state index in [1.165, 1.54) is 30.3 Å². The molecule has 0 unspecified atom stereocenters. The second-order valence-corrected chi connectivity index (χ2v) is 4.86. The van der Waals surface area contributed by atoms with Crippen LogP contribution in [0.3, 0.4) is 0 Å². The van der Waals surface area contributed by atoms with E-state index < -0.39 is 28.5 Å². The van der Waals surface area contributed by atoms with E-state index in [9.17, 15) is 18.4 Å². The van der Waals surface area contributed by atoms with E-state index in [-0.39, 0.29) is 22.2 Å². The predicted octanol–water partition coefficient (Wildman–Crippen LogP) is 2.69. The number of ketones is 1. The van der Waals surface area contributed by atoms with Crippen molar-refractivity contribution in [3.8, 4) is 0 Å². The fraction of sp³-hybridized carbons (Fsp3) is 0. The fourth-order valence-corrected chi connectivity index (χ4v) is 2.34. The van der Waals surface area contributed by atoms with Crippen LogP contribution in [-0.4, -0.2) is 10.8 Å². The van der Waals surface area contributed by atoms with Gasteiger partial charge in [0, 0.05) is 16.6 Å². The van der Waals surface area contributed by atoms with Crippen molar-refractivity contribution in [3.05, 3.63) is 81.6 Å². The Balaban J connectivity index is 2.49. The number of carbonyl (C=O) groups excluding carboxylic acids is 1. The van der Waals surface area contributed by atoms with Crippen LogP contribution >= 0.6 is 0 Å². The molecule has 0 saturated carbocycles. The van der Waals surface area contributed by atoms with Crippen molar-refractivity contribution in [1.82, 2.24) is 4.98 Å². The lowest BCUT2D eigenvalue weighted by Crippen LogP contribution is -2.10. The summed E-state index contributed by atoms with van der Waals surface area (Å²) < 4.78 is 28.4. The Hall–Kier alpha value is -3.15. The average molecular weight is 312 g/mol. The predicted molar refractivity (Wildman–Crippen MR) is 82.2 cm³/mol. The summed E-state index contributed by atoms with van der Waals surface area (Å²) in [5.41, 5.74) is 3.96. The number of hydrogen-bond donors (Lipinski definition) is 1. The van der Waals surface area contributed by atoms with Crippen molar-refractivity contribution in [1.29, 1.82) is 0 Å². The molecule has 0 amide bonds. The molecule has 2 N–H and O–H groups in total. The van der Waals surface area contributed by atoms with Gasteiger partial charge in [-0.05, 0) is 12.1 Å². The number of nitrogen functional groups attached to an aromatic ring is 1. The third kappa shape index (κ3) is 2.44. The highest BCUT2D eigenvalue weighted by Crippen LogP contribution is 2.26. The Kier molecular flexibility index (Phi) is 3.57. The number of rotatable bonds is 2. The largest absolute Gasteiger partial charge is 0.398 e. The van der Waals surface area contributed by atoms with Crippen LogP contribution in [0.1, 0.15) is 15.9 Å². The minimum absolute atomic E-state index is 0.0307. The topological polar surface area (TPSA) is 73.0 Å². The first-order chi connectivity index (χ1) is 11.0. The summed E-state index contributed by atoms with van der Waals surface area (Å²) in [6.45, 7) is 0. The maximum Gasteiger partial charge on any atom is 0.309 e. The first-order valence-electron chi connectivity index (χ1n) is 6.68. The number of fused-ring (bicyclic) bond motifs is 1. The summed E-state index contributed by atoms with van der Waals surface area (Å²) in [6, 6.07) is 12.1. The number of aromatic nitrogens is 1. The van der Waals surface area contributed by atoms with Crippen LogP contribution in [0.4, 0.5) is 14.5 Å². The van der Waals surface area contributed by atoms with E-state index in [1.54, 1.807) is 18.2 Å². The van der Waals surface area contributed by atoms with Crippen molar-refractivity contribution in [2.24, 2.45) is 0 Å². The molecule has 23 heavy (non-hydrogen) atoms. The van der Waals surface area contributed by atoms with Crippen molar-refractivity contribution in [2.75, 3.05) is 5.73 Å². The zero-order valence-electron chi connectivity index (χ0n) is 11.7. The molecule has 0 atom stereocenters. The van der Waals surface area contributed by atoms with Gasteiger partial charge >= 0.3 is 5.56 Å². The van der Waals surface area contributed by atoms with E-state index in [4.69, 9.17) is 5.73 Å². The molecule has 0 aliphatic rings. The first kappa shape index (κ1) is 14.8. The molecule has 0 bridgehead atoms. The Morgan fingerprint density at radius 2 is 1.65 bits per heavy atom. The summed E-state index contributed by atoms with van der Waals surface area (Å²) in [7, 11) is 0. The highest BCUT2D eigenvalue weighted by Gasteiger charge is 2.23. The lowest BCUT2D eigenvalue weighted by atomic mass is 9.99. The molecule has 3 aromatic rings. The molecule has 0 aliphatic carbocycles. The Morgan fingerprint density at radius 3 is 2.35 bits per heavy atom. The maximum atomic E-state index is 14.5. The standard InChI is InChI=1S/C17H10F2N2O2/c18-14-13(16(22)9-5-2-1-3-6-9)12-10(20)7-4-8-11(12)21-17(23)15(14)19/h1-8H,20H2. The van der Waals surface area contributed by atoms with Crippen LogP contribution in [0.5, 0.6) is 0 Å². The number of benzene rings is 2. The summed E-state index contributed by atoms with van der Waals surface area (Å²) in [6.07, 6.45) is 0. The number of carbonyl (C=O) groups is 1. The van der Waals surface area contributed by atoms with Crippen LogP contribution < -0.4 is 11.3 Å². The van der Waals surface area contributed by atoms with E-state index in [0.29, 0.717) is 0 Å². The monoisotopic (exact) mass is 312 g/mol. The molecule has 1 aromatic heterocycles. The van der Waals surface area contributed by atoms with Gasteiger partial charge in [-0.1, -0.05) is 36.4 Å². The number of halogens is 2. The lowest BCUT2D eigenvalue weighted by molar-refractivity contribution is 0.103. The number of nitrogens with two attached hydrogens (primary N) is 1. The molecule has 114 valence electrons. The van der Waals surface area contributed by atoms with Crippen LogP contribution in [0.15, 0.2) is 53.3 Å². The normalized spacial score (nSPS) is 10.7. The van der Waals surface area contributed by atoms with E-state index >= 15 is 0 Å². The minimum Gasteiger partial charge on any atom is -0.398 e. The molecule has 6 heteroatoms. The number of hydrogen-bond acceptors (Lipinski definition) is 4. The van der Waals surface area contributed by atoms with Crippen LogP contribution in [0.2, 0.25) is 0 Å². The smallest absolute Gasteiger partial charge is 0.309 e. The third-order valence-electron chi connectivity index (χ3n) is 3.41. The number of nitrogens with zero attached hydrogens (tertiary/aromatic N) is 1. The molecular weight excluding hydrogens is 302 g/mol. The van der Waals surface area contributed by atoms with Gasteiger partial charge in [0.05, 0.1) is 11.1 Å². The lowest BCUT2D eigenvalue weighted by Gasteiger charge is -2.05. The van der Waals surface area contributed by atoms with Crippen molar-refractivity contribution in [3.63, 3.8) is 0 Å². The molecule has 0 fully saturated rings. The second-order valence-electron chi connectivity index (χ2n) is 4.86. The summed E-state index contributed by atoms with van der Waals surface area (Å²) in [4.78, 5) is 27.7. The van der Waals surface area contributed by atoms with Crippen molar-refractivity contribution < 1.29 is 13.6 Å². The highest BCUT2D eigenvalue weighted by atomic mass is 19.2. The van der Waals surface area contributed by atoms with Crippen LogP contribution in [0.25, 0.3) is 10.9 Å². The van der Waals surface area contributed by atoms with E-state index in [2.05, 4.69) is 4.98 Å². The molecule has 0 spiro atoms. The molecule has 0 saturated heterocycles. The maximum absolute atomic E-state index is 14.5. The van der Waals surface area contributed by atoms with Gasteiger partial charge in [0.1, 0.15) is 0 Å². The quantitative estimate of drug-likeness (QED) is 0.583. The summed E-state index contributed by atoms with van der Waals surface area (Å²) in [5, 5.41) is -0.0835. The summed E-state index contributed by atoms with van der Waals surface area (Å²) >= 11 is 0. The Labute approximate surface area is 129 Å². The molecule has 3 rings (SSSR count). The zero-order valence-corrected chi connectivity index (χ0v) is 11.7. The van der Waals surface area contributed by atoms with E-state index in [0.717, 1.165) is 0 Å². The number of anilines is 1. The van der Waals surface area contributed by atoms with Gasteiger partial charge < -0.3 is 5.73 Å². The second kappa shape index (κ2) is 5.57. The van der Waals surface area contributed by atoms with Gasteiger partial charge in [-0.25, -0.2) is 9.37 Å². The molecule has 4 nitrogen and oxygen atoms in total. The molecule has 2 aromatic carbocycles. The fourth-order valence-electron chi connectivity index (χ4n) is 2.34. The van der Waals surface area contributed by atoms with Gasteiger partial charge in [0.25, 0.3) is 0 Å². The summed E-state index contributed by atoms with van der Waals surface area (Å²) in [5.74, 6) is -4.04. The van der Waals surface area contributed by atoms with Gasteiger partial charge in [0.15, 0.2) is 11.6 Å². The van der Waals surface area contributed by atoms with Crippen molar-refractivity contribution >= 4 is 22.4 Å². The molecular formula is C17H10F2N2O2. The Morgan fingerprint density at radius 1 is 0.957 bits per heavy atom. The average Bonchev–Trinajstić information content (AvgIpc) is 2.65. The first-order valence-corrected chi connectivity index (χ1v) is 6.68. The molecule has 0 radical (unpaired) electrons. The Bertz CT molecular complexity index is 989. The zero-order chi connectivity index (χ0) is 16.6. The third-order valence-corrected chi connectivity index (χ3v) is 3.41. The van der Waals surface area contributed by atoms with Crippen molar-refractivity contribution in [2.45, 2.75) is 0 Å². The van der Waals surface area contributed by atoms with Crippen LogP contribution in [0, 0.1) is 11.6 Å². The highest BCUT2D eigenvalue weighted by molar-refractivity contribution is 6.18. The van der Waals surface area contributed by atoms with Gasteiger partial charge in [0.2, 0.25) is 5.82 Å². The SMILES string of the molecule is Nc1cccc2nc(=O)c(F)c(F)c(C(=O)c3ccccc3)c12. The van der Waals surface area contributed by atoms with Gasteiger partial charge in [-0.2, -0.15) is 4.39 Å². The van der Waals surface area contributed by atoms with Crippen LogP contribution in [-0.2, 0) is 0 Å². The minimum atomic E-state index is -1.71. The molecule has 1 heterocycles.